The molecule has 0 aliphatic rings. The number of methoxy groups -OCH3 is 2. The summed E-state index contributed by atoms with van der Waals surface area (Å²) in [6.07, 6.45) is 3.92. The van der Waals surface area contributed by atoms with Gasteiger partial charge in [0, 0.05) is 38.7 Å². The molecule has 0 saturated heterocycles. The van der Waals surface area contributed by atoms with Gasteiger partial charge < -0.3 is 14.8 Å². The topological polar surface area (TPSA) is 89.1 Å². The fourth-order valence-electron chi connectivity index (χ4n) is 4.07. The van der Waals surface area contributed by atoms with Crippen LogP contribution in [0.5, 0.6) is 11.5 Å². The van der Waals surface area contributed by atoms with Crippen LogP contribution in [0.4, 0.5) is 5.69 Å². The summed E-state index contributed by atoms with van der Waals surface area (Å²) < 4.78 is 10.7. The van der Waals surface area contributed by atoms with Crippen LogP contribution in [0.2, 0.25) is 0 Å². The number of rotatable bonds is 9. The number of aryl methyl sites for hydroxylation is 1. The number of aromatic nitrogens is 3. The van der Waals surface area contributed by atoms with Crippen molar-refractivity contribution in [3.63, 3.8) is 0 Å². The smallest absolute Gasteiger partial charge is 0.255 e. The quantitative estimate of drug-likeness (QED) is 0.197. The highest BCUT2D eigenvalue weighted by Crippen LogP contribution is 2.28. The molecule has 2 N–H and O–H groups in total. The number of benzene rings is 3. The second kappa shape index (κ2) is 11.9. The molecular formula is C31H28N4O3S. The molecule has 39 heavy (non-hydrogen) atoms. The molecule has 0 aliphatic heterocycles. The van der Waals surface area contributed by atoms with Gasteiger partial charge >= 0.3 is 0 Å². The third-order valence-corrected chi connectivity index (χ3v) is 7.12. The summed E-state index contributed by atoms with van der Waals surface area (Å²) in [5.41, 5.74) is 6.01. The van der Waals surface area contributed by atoms with Crippen molar-refractivity contribution in [2.24, 2.45) is 0 Å². The number of H-pyrrole nitrogens is 1. The van der Waals surface area contributed by atoms with Gasteiger partial charge in [-0.1, -0.05) is 24.3 Å². The average molecular weight is 537 g/mol. The zero-order chi connectivity index (χ0) is 27.2. The van der Waals surface area contributed by atoms with E-state index in [1.54, 1.807) is 26.0 Å². The van der Waals surface area contributed by atoms with Crippen molar-refractivity contribution in [2.45, 2.75) is 17.6 Å². The molecule has 0 spiro atoms. The van der Waals surface area contributed by atoms with Crippen LogP contribution in [0, 0.1) is 6.92 Å². The number of nitrogens with one attached hydrogen (secondary N) is 2. The fourth-order valence-corrected chi connectivity index (χ4v) is 4.93. The van der Waals surface area contributed by atoms with Gasteiger partial charge in [0.2, 0.25) is 0 Å². The highest BCUT2D eigenvalue weighted by atomic mass is 32.2. The van der Waals surface area contributed by atoms with E-state index in [-0.39, 0.29) is 5.91 Å². The number of carbonyl (C=O) groups excluding carboxylic acids is 1. The Morgan fingerprint density at radius 1 is 0.949 bits per heavy atom. The third kappa shape index (κ3) is 6.48. The minimum atomic E-state index is -0.152. The van der Waals surface area contributed by atoms with E-state index >= 15 is 0 Å². The molecule has 0 unspecified atom stereocenters. The third-order valence-electron chi connectivity index (χ3n) is 6.08. The minimum absolute atomic E-state index is 0.152. The molecule has 2 heterocycles. The van der Waals surface area contributed by atoms with Crippen molar-refractivity contribution >= 4 is 46.4 Å². The van der Waals surface area contributed by atoms with Crippen LogP contribution in [0.15, 0.2) is 83.8 Å². The number of carbonyl (C=O) groups is 1. The van der Waals surface area contributed by atoms with Crippen LogP contribution >= 0.6 is 11.8 Å². The zero-order valence-electron chi connectivity index (χ0n) is 21.9. The highest BCUT2D eigenvalue weighted by Gasteiger charge is 2.09. The normalized spacial score (nSPS) is 11.2. The number of anilines is 1. The standard InChI is InChI=1S/C31H28N4O3S/c1-20-7-10-22-16-24(12-13-28(22)32-20)33-31(36)23-5-4-6-27(17-23)39-19-26-18-25(34-35-26)11-8-21-9-14-29(37-2)30(15-21)38-3/h4-18H,19H2,1-3H3,(H,33,36)(H,34,35)/b11-8+. The molecule has 0 fully saturated rings. The Bertz CT molecular complexity index is 1660. The molecule has 7 nitrogen and oxygen atoms in total. The van der Waals surface area contributed by atoms with Gasteiger partial charge in [0.05, 0.1) is 25.4 Å². The molecule has 5 rings (SSSR count). The van der Waals surface area contributed by atoms with E-state index in [1.165, 1.54) is 0 Å². The number of aromatic amines is 1. The van der Waals surface area contributed by atoms with Gasteiger partial charge in [-0.05, 0) is 79.2 Å². The number of fused-ring (bicyclic) bond motifs is 1. The van der Waals surface area contributed by atoms with Gasteiger partial charge in [0.1, 0.15) is 0 Å². The van der Waals surface area contributed by atoms with Gasteiger partial charge in [0.15, 0.2) is 11.5 Å². The minimum Gasteiger partial charge on any atom is -0.493 e. The second-order valence-corrected chi connectivity index (χ2v) is 9.95. The lowest BCUT2D eigenvalue weighted by Crippen LogP contribution is -2.11. The maximum Gasteiger partial charge on any atom is 0.255 e. The average Bonchev–Trinajstić information content (AvgIpc) is 3.43. The van der Waals surface area contributed by atoms with E-state index in [0.717, 1.165) is 44.1 Å². The number of hydrogen-bond donors (Lipinski definition) is 2. The summed E-state index contributed by atoms with van der Waals surface area (Å²) >= 11 is 1.64. The molecule has 0 atom stereocenters. The van der Waals surface area contributed by atoms with Crippen LogP contribution in [-0.2, 0) is 5.75 Å². The Labute approximate surface area is 231 Å². The lowest BCUT2D eigenvalue weighted by Gasteiger charge is -2.08. The number of thioether (sulfide) groups is 1. The van der Waals surface area contributed by atoms with Gasteiger partial charge in [-0.3, -0.25) is 14.9 Å². The summed E-state index contributed by atoms with van der Waals surface area (Å²) in [5, 5.41) is 11.5. The highest BCUT2D eigenvalue weighted by molar-refractivity contribution is 7.98. The van der Waals surface area contributed by atoms with E-state index in [9.17, 15) is 4.79 Å². The van der Waals surface area contributed by atoms with E-state index in [2.05, 4.69) is 20.5 Å². The number of hydrogen-bond acceptors (Lipinski definition) is 6. The summed E-state index contributed by atoms with van der Waals surface area (Å²) in [7, 11) is 3.24. The van der Waals surface area contributed by atoms with Crippen molar-refractivity contribution in [3.05, 3.63) is 107 Å². The number of nitrogens with zero attached hydrogens (tertiary/aromatic N) is 2. The Morgan fingerprint density at radius 3 is 2.67 bits per heavy atom. The van der Waals surface area contributed by atoms with Crippen LogP contribution in [0.1, 0.15) is 33.0 Å². The second-order valence-electron chi connectivity index (χ2n) is 8.90. The van der Waals surface area contributed by atoms with Crippen molar-refractivity contribution < 1.29 is 14.3 Å². The first kappa shape index (κ1) is 26.1. The molecule has 2 aromatic heterocycles. The van der Waals surface area contributed by atoms with E-state index < -0.39 is 0 Å². The molecule has 196 valence electrons. The van der Waals surface area contributed by atoms with Gasteiger partial charge in [-0.25, -0.2) is 0 Å². The zero-order valence-corrected chi connectivity index (χ0v) is 22.7. The Morgan fingerprint density at radius 2 is 1.82 bits per heavy atom. The maximum atomic E-state index is 12.9. The summed E-state index contributed by atoms with van der Waals surface area (Å²) in [6.45, 7) is 1.96. The van der Waals surface area contributed by atoms with Crippen LogP contribution in [-0.4, -0.2) is 35.3 Å². The molecule has 0 radical (unpaired) electrons. The molecular weight excluding hydrogens is 508 g/mol. The largest absolute Gasteiger partial charge is 0.493 e. The van der Waals surface area contributed by atoms with E-state index in [4.69, 9.17) is 9.47 Å². The predicted octanol–water partition coefficient (Wildman–Crippen LogP) is 7.00. The summed E-state index contributed by atoms with van der Waals surface area (Å²) in [5.74, 6) is 1.91. The Hall–Kier alpha value is -4.56. The first-order chi connectivity index (χ1) is 19.0. The van der Waals surface area contributed by atoms with Crippen LogP contribution in [0.3, 0.4) is 0 Å². The lowest BCUT2D eigenvalue weighted by molar-refractivity contribution is 0.102. The van der Waals surface area contributed by atoms with E-state index in [1.807, 2.05) is 97.9 Å². The fraction of sp³-hybridized carbons (Fsp3) is 0.129. The molecule has 0 bridgehead atoms. The maximum absolute atomic E-state index is 12.9. The monoisotopic (exact) mass is 536 g/mol. The van der Waals surface area contributed by atoms with Crippen molar-refractivity contribution in [3.8, 4) is 11.5 Å². The molecule has 0 saturated carbocycles. The molecule has 3 aromatic carbocycles. The summed E-state index contributed by atoms with van der Waals surface area (Å²) in [4.78, 5) is 18.4. The van der Waals surface area contributed by atoms with E-state index in [0.29, 0.717) is 22.8 Å². The number of amides is 1. The lowest BCUT2D eigenvalue weighted by atomic mass is 10.1. The van der Waals surface area contributed by atoms with Crippen LogP contribution in [0.25, 0.3) is 23.1 Å². The van der Waals surface area contributed by atoms with Gasteiger partial charge in [0.25, 0.3) is 5.91 Å². The first-order valence-corrected chi connectivity index (χ1v) is 13.4. The van der Waals surface area contributed by atoms with Gasteiger partial charge in [-0.2, -0.15) is 5.10 Å². The summed E-state index contributed by atoms with van der Waals surface area (Å²) in [6, 6.07) is 25.1. The first-order valence-electron chi connectivity index (χ1n) is 12.4. The molecule has 8 heteroatoms. The van der Waals surface area contributed by atoms with Crippen molar-refractivity contribution in [1.82, 2.24) is 15.2 Å². The van der Waals surface area contributed by atoms with Crippen molar-refractivity contribution in [1.29, 1.82) is 0 Å². The van der Waals surface area contributed by atoms with Crippen LogP contribution < -0.4 is 14.8 Å². The number of ether oxygens (including phenoxy) is 2. The number of pyridine rings is 1. The van der Waals surface area contributed by atoms with Gasteiger partial charge in [-0.15, -0.1) is 11.8 Å². The SMILES string of the molecule is COc1ccc(/C=C/c2cc(CSc3cccc(C(=O)Nc4ccc5nc(C)ccc5c4)c3)[nH]n2)cc1OC. The predicted molar refractivity (Wildman–Crippen MR) is 157 cm³/mol. The Kier molecular flexibility index (Phi) is 7.94. The Balaban J connectivity index is 1.19. The van der Waals surface area contributed by atoms with Crippen molar-refractivity contribution in [2.75, 3.05) is 19.5 Å². The molecule has 5 aromatic rings. The molecule has 0 aliphatic carbocycles. The molecule has 1 amide bonds.